The van der Waals surface area contributed by atoms with Crippen LogP contribution in [0.25, 0.3) is 0 Å². The zero-order valence-corrected chi connectivity index (χ0v) is 13.3. The van der Waals surface area contributed by atoms with Crippen molar-refractivity contribution in [3.8, 4) is 0 Å². The molecule has 5 heteroatoms. The molecule has 0 amide bonds. The first kappa shape index (κ1) is 15.9. The van der Waals surface area contributed by atoms with Gasteiger partial charge in [-0.15, -0.1) is 0 Å². The summed E-state index contributed by atoms with van der Waals surface area (Å²) in [5.74, 6) is 0.141. The minimum Gasteiger partial charge on any atom is -0.383 e. The van der Waals surface area contributed by atoms with Crippen LogP contribution in [0, 0.1) is 11.7 Å². The second-order valence-electron chi connectivity index (χ2n) is 5.06. The summed E-state index contributed by atoms with van der Waals surface area (Å²) in [4.78, 5) is 0. The summed E-state index contributed by atoms with van der Waals surface area (Å²) >= 11 is 3.50. The van der Waals surface area contributed by atoms with Gasteiger partial charge in [-0.3, -0.25) is 0 Å². The number of hydrogen-bond donors (Lipinski definition) is 1. The first-order valence-corrected chi connectivity index (χ1v) is 7.78. The van der Waals surface area contributed by atoms with Crippen LogP contribution in [-0.2, 0) is 9.47 Å². The topological polar surface area (TPSA) is 30.5 Å². The first-order valence-electron chi connectivity index (χ1n) is 6.98. The van der Waals surface area contributed by atoms with E-state index in [1.807, 2.05) is 0 Å². The van der Waals surface area contributed by atoms with Crippen LogP contribution in [0.1, 0.15) is 24.5 Å². The van der Waals surface area contributed by atoms with Gasteiger partial charge in [0.25, 0.3) is 0 Å². The van der Waals surface area contributed by atoms with Gasteiger partial charge in [-0.25, -0.2) is 4.39 Å². The Labute approximate surface area is 128 Å². The quantitative estimate of drug-likeness (QED) is 0.802. The van der Waals surface area contributed by atoms with Crippen LogP contribution in [0.15, 0.2) is 22.7 Å². The molecule has 3 nitrogen and oxygen atoms in total. The van der Waals surface area contributed by atoms with E-state index < -0.39 is 0 Å². The van der Waals surface area contributed by atoms with Crippen molar-refractivity contribution < 1.29 is 13.9 Å². The zero-order valence-electron chi connectivity index (χ0n) is 11.7. The van der Waals surface area contributed by atoms with Gasteiger partial charge in [0.1, 0.15) is 5.82 Å². The molecule has 1 aromatic carbocycles. The number of nitrogens with one attached hydrogen (secondary N) is 1. The number of ether oxygens (including phenoxy) is 2. The third kappa shape index (κ3) is 4.25. The summed E-state index contributed by atoms with van der Waals surface area (Å²) in [6.07, 6.45) is 2.09. The average molecular weight is 346 g/mol. The maximum Gasteiger partial charge on any atom is 0.123 e. The molecule has 0 saturated carbocycles. The first-order chi connectivity index (χ1) is 9.72. The Balaban J connectivity index is 2.04. The summed E-state index contributed by atoms with van der Waals surface area (Å²) < 4.78 is 25.3. The van der Waals surface area contributed by atoms with Gasteiger partial charge in [0.15, 0.2) is 0 Å². The highest BCUT2D eigenvalue weighted by Crippen LogP contribution is 2.37. The Morgan fingerprint density at radius 2 is 2.35 bits per heavy atom. The van der Waals surface area contributed by atoms with Gasteiger partial charge in [-0.1, -0.05) is 15.9 Å². The third-order valence-corrected chi connectivity index (χ3v) is 4.32. The molecule has 1 aromatic rings. The van der Waals surface area contributed by atoms with Crippen LogP contribution < -0.4 is 5.32 Å². The molecule has 0 aliphatic carbocycles. The molecule has 1 N–H and O–H groups in total. The van der Waals surface area contributed by atoms with Gasteiger partial charge in [-0.2, -0.15) is 0 Å². The van der Waals surface area contributed by atoms with Crippen LogP contribution in [0.2, 0.25) is 0 Å². The number of rotatable bonds is 6. The summed E-state index contributed by atoms with van der Waals surface area (Å²) in [5, 5.41) is 3.38. The fraction of sp³-hybridized carbons (Fsp3) is 0.600. The lowest BCUT2D eigenvalue weighted by atomic mass is 9.89. The fourth-order valence-electron chi connectivity index (χ4n) is 2.59. The maximum absolute atomic E-state index is 13.5. The molecule has 1 fully saturated rings. The average Bonchev–Trinajstić information content (AvgIpc) is 2.47. The molecule has 2 rings (SSSR count). The molecule has 0 spiro atoms. The predicted octanol–water partition coefficient (Wildman–Crippen LogP) is 3.29. The van der Waals surface area contributed by atoms with E-state index in [2.05, 4.69) is 21.2 Å². The molecule has 0 bridgehead atoms. The van der Waals surface area contributed by atoms with Crippen molar-refractivity contribution in [2.45, 2.75) is 18.9 Å². The Kier molecular flexibility index (Phi) is 6.42. The van der Waals surface area contributed by atoms with E-state index in [4.69, 9.17) is 9.47 Å². The maximum atomic E-state index is 13.5. The van der Waals surface area contributed by atoms with Gasteiger partial charge in [0.2, 0.25) is 0 Å². The minimum atomic E-state index is -0.219. The van der Waals surface area contributed by atoms with E-state index in [1.165, 1.54) is 6.07 Å². The highest BCUT2D eigenvalue weighted by atomic mass is 79.9. The lowest BCUT2D eigenvalue weighted by Crippen LogP contribution is -2.33. The molecule has 20 heavy (non-hydrogen) atoms. The molecule has 0 radical (unpaired) electrons. The summed E-state index contributed by atoms with van der Waals surface area (Å²) in [5.41, 5.74) is 0.906. The Morgan fingerprint density at radius 3 is 3.15 bits per heavy atom. The van der Waals surface area contributed by atoms with Crippen molar-refractivity contribution in [3.05, 3.63) is 34.1 Å². The zero-order chi connectivity index (χ0) is 14.4. The van der Waals surface area contributed by atoms with Gasteiger partial charge < -0.3 is 14.8 Å². The van der Waals surface area contributed by atoms with E-state index in [1.54, 1.807) is 19.2 Å². The Hall–Kier alpha value is -0.490. The van der Waals surface area contributed by atoms with E-state index in [-0.39, 0.29) is 11.9 Å². The number of methoxy groups -OCH3 is 1. The molecule has 2 atom stereocenters. The molecule has 2 unspecified atom stereocenters. The second kappa shape index (κ2) is 8.08. The van der Waals surface area contributed by atoms with Crippen molar-refractivity contribution in [3.63, 3.8) is 0 Å². The van der Waals surface area contributed by atoms with Gasteiger partial charge >= 0.3 is 0 Å². The smallest absolute Gasteiger partial charge is 0.123 e. The van der Waals surface area contributed by atoms with Gasteiger partial charge in [0, 0.05) is 37.2 Å². The summed E-state index contributed by atoms with van der Waals surface area (Å²) in [6.45, 7) is 3.12. The predicted molar refractivity (Wildman–Crippen MR) is 80.3 cm³/mol. The monoisotopic (exact) mass is 345 g/mol. The SMILES string of the molecule is COCCNCC1CCCOC1c1cc(F)ccc1Br. The third-order valence-electron chi connectivity index (χ3n) is 3.60. The normalized spacial score (nSPS) is 22.9. The molecular formula is C15H21BrFNO2. The Bertz CT molecular complexity index is 430. The summed E-state index contributed by atoms with van der Waals surface area (Å²) in [6, 6.07) is 4.78. The van der Waals surface area contributed by atoms with Crippen molar-refractivity contribution in [1.29, 1.82) is 0 Å². The van der Waals surface area contributed by atoms with Crippen LogP contribution in [0.3, 0.4) is 0 Å². The molecule has 1 saturated heterocycles. The van der Waals surface area contributed by atoms with Crippen LogP contribution >= 0.6 is 15.9 Å². The number of hydrogen-bond acceptors (Lipinski definition) is 3. The van der Waals surface area contributed by atoms with Crippen molar-refractivity contribution in [1.82, 2.24) is 5.32 Å². The Morgan fingerprint density at radius 1 is 1.50 bits per heavy atom. The lowest BCUT2D eigenvalue weighted by Gasteiger charge is -2.33. The standard InChI is InChI=1S/C15H21BrFNO2/c1-19-8-6-18-10-11-3-2-7-20-15(11)13-9-12(17)4-5-14(13)16/h4-5,9,11,15,18H,2-3,6-8,10H2,1H3. The number of halogens is 2. The number of benzene rings is 1. The van der Waals surface area contributed by atoms with Crippen LogP contribution in [0.4, 0.5) is 4.39 Å². The van der Waals surface area contributed by atoms with Gasteiger partial charge in [0.05, 0.1) is 12.7 Å². The fourth-order valence-corrected chi connectivity index (χ4v) is 3.06. The molecular weight excluding hydrogens is 325 g/mol. The summed E-state index contributed by atoms with van der Waals surface area (Å²) in [7, 11) is 1.69. The highest BCUT2D eigenvalue weighted by molar-refractivity contribution is 9.10. The highest BCUT2D eigenvalue weighted by Gasteiger charge is 2.28. The van der Waals surface area contributed by atoms with Crippen molar-refractivity contribution in [2.24, 2.45) is 5.92 Å². The molecule has 0 aromatic heterocycles. The molecule has 1 aliphatic heterocycles. The molecule has 1 heterocycles. The lowest BCUT2D eigenvalue weighted by molar-refractivity contribution is -0.0285. The van der Waals surface area contributed by atoms with Gasteiger partial charge in [-0.05, 0) is 36.6 Å². The van der Waals surface area contributed by atoms with Crippen LogP contribution in [0.5, 0.6) is 0 Å². The molecule has 112 valence electrons. The van der Waals surface area contributed by atoms with Crippen molar-refractivity contribution in [2.75, 3.05) is 33.4 Å². The largest absolute Gasteiger partial charge is 0.383 e. The van der Waals surface area contributed by atoms with E-state index >= 15 is 0 Å². The van der Waals surface area contributed by atoms with E-state index in [0.717, 1.165) is 42.6 Å². The minimum absolute atomic E-state index is 0.0520. The van der Waals surface area contributed by atoms with Crippen molar-refractivity contribution >= 4 is 15.9 Å². The van der Waals surface area contributed by atoms with E-state index in [0.29, 0.717) is 12.5 Å². The second-order valence-corrected chi connectivity index (χ2v) is 5.91. The van der Waals surface area contributed by atoms with Crippen LogP contribution in [-0.4, -0.2) is 33.4 Å². The molecule has 1 aliphatic rings. The van der Waals surface area contributed by atoms with E-state index in [9.17, 15) is 4.39 Å².